The molecule has 3 N–H and O–H groups in total. The number of carboxylic acids is 1. The fraction of sp³-hybridized carbons (Fsp3) is 0.857. The van der Waals surface area contributed by atoms with Crippen LogP contribution in [0.15, 0.2) is 0 Å². The first-order chi connectivity index (χ1) is 9.63. The van der Waals surface area contributed by atoms with Crippen molar-refractivity contribution < 1.29 is 24.5 Å². The van der Waals surface area contributed by atoms with Crippen molar-refractivity contribution in [3.05, 3.63) is 0 Å². The van der Waals surface area contributed by atoms with E-state index in [-0.39, 0.29) is 30.6 Å². The summed E-state index contributed by atoms with van der Waals surface area (Å²) in [5.74, 6) is -0.946. The van der Waals surface area contributed by atoms with Gasteiger partial charge in [-0.05, 0) is 12.3 Å². The Hall–Kier alpha value is -1.34. The van der Waals surface area contributed by atoms with Gasteiger partial charge in [-0.2, -0.15) is 0 Å². The van der Waals surface area contributed by atoms with Gasteiger partial charge in [-0.3, -0.25) is 4.79 Å². The van der Waals surface area contributed by atoms with E-state index in [9.17, 15) is 14.7 Å². The third-order valence-corrected chi connectivity index (χ3v) is 3.54. The molecule has 1 aliphatic heterocycles. The van der Waals surface area contributed by atoms with Crippen LogP contribution in [0.5, 0.6) is 0 Å². The van der Waals surface area contributed by atoms with Crippen LogP contribution in [0.1, 0.15) is 34.1 Å². The number of carboxylic acid groups (broad SMARTS) is 1. The van der Waals surface area contributed by atoms with Crippen molar-refractivity contribution in [3.63, 3.8) is 0 Å². The molecule has 0 aromatic heterocycles. The molecule has 1 aliphatic rings. The molecule has 0 saturated carbocycles. The maximum Gasteiger partial charge on any atom is 0.317 e. The van der Waals surface area contributed by atoms with Crippen LogP contribution in [0.2, 0.25) is 0 Å². The summed E-state index contributed by atoms with van der Waals surface area (Å²) in [7, 11) is 0. The molecule has 1 saturated heterocycles. The molecule has 3 atom stereocenters. The Labute approximate surface area is 125 Å². The molecule has 0 aromatic carbocycles. The highest BCUT2D eigenvalue weighted by molar-refractivity contribution is 5.76. The summed E-state index contributed by atoms with van der Waals surface area (Å²) in [6.07, 6.45) is -0.681. The quantitative estimate of drug-likeness (QED) is 0.709. The van der Waals surface area contributed by atoms with Gasteiger partial charge in [0.2, 0.25) is 0 Å². The summed E-state index contributed by atoms with van der Waals surface area (Å²) in [5, 5.41) is 20.9. The van der Waals surface area contributed by atoms with Gasteiger partial charge in [-0.15, -0.1) is 0 Å². The van der Waals surface area contributed by atoms with E-state index in [2.05, 4.69) is 5.32 Å². The van der Waals surface area contributed by atoms with Crippen molar-refractivity contribution in [1.29, 1.82) is 0 Å². The molecule has 2 amide bonds. The smallest absolute Gasteiger partial charge is 0.317 e. The number of rotatable bonds is 4. The maximum atomic E-state index is 12.3. The Morgan fingerprint density at radius 2 is 2.00 bits per heavy atom. The number of aliphatic hydroxyl groups excluding tert-OH is 1. The number of hydrogen-bond acceptors (Lipinski definition) is 4. The first kappa shape index (κ1) is 17.7. The minimum atomic E-state index is -0.946. The van der Waals surface area contributed by atoms with Crippen molar-refractivity contribution in [2.24, 2.45) is 5.41 Å². The molecule has 0 bridgehead atoms. The van der Waals surface area contributed by atoms with E-state index in [1.54, 1.807) is 4.90 Å². The number of carbonyl (C=O) groups is 2. The number of amides is 2. The average Bonchev–Trinajstić information content (AvgIpc) is 2.35. The van der Waals surface area contributed by atoms with E-state index >= 15 is 0 Å². The lowest BCUT2D eigenvalue weighted by atomic mass is 9.85. The second-order valence-corrected chi connectivity index (χ2v) is 6.62. The molecule has 122 valence electrons. The Kier molecular flexibility index (Phi) is 5.98. The van der Waals surface area contributed by atoms with Crippen LogP contribution in [-0.2, 0) is 9.53 Å². The molecular weight excluding hydrogens is 276 g/mol. The molecule has 1 rings (SSSR count). The summed E-state index contributed by atoms with van der Waals surface area (Å²) in [6, 6.07) is -0.780. The van der Waals surface area contributed by atoms with Crippen LogP contribution in [0.4, 0.5) is 4.79 Å². The number of morpholine rings is 1. The number of ether oxygens (including phenoxy) is 1. The second kappa shape index (κ2) is 7.09. The van der Waals surface area contributed by atoms with Crippen molar-refractivity contribution in [3.8, 4) is 0 Å². The van der Waals surface area contributed by atoms with E-state index in [4.69, 9.17) is 9.84 Å². The molecule has 1 heterocycles. The van der Waals surface area contributed by atoms with Gasteiger partial charge in [0.1, 0.15) is 0 Å². The van der Waals surface area contributed by atoms with Crippen molar-refractivity contribution in [1.82, 2.24) is 10.2 Å². The van der Waals surface area contributed by atoms with Crippen LogP contribution in [0.25, 0.3) is 0 Å². The minimum Gasteiger partial charge on any atom is -0.481 e. The van der Waals surface area contributed by atoms with Crippen LogP contribution in [-0.4, -0.2) is 65.1 Å². The fourth-order valence-electron chi connectivity index (χ4n) is 2.30. The number of hydrogen-bond donors (Lipinski definition) is 3. The predicted octanol–water partition coefficient (Wildman–Crippen LogP) is 0.667. The SMILES string of the molecule is CC1CN(C(=O)NC(CC(=O)O)C(C)(C)C)CC(CO)O1. The lowest BCUT2D eigenvalue weighted by Crippen LogP contribution is -2.56. The van der Waals surface area contributed by atoms with Crippen LogP contribution < -0.4 is 5.32 Å². The number of nitrogens with zero attached hydrogens (tertiary/aromatic N) is 1. The average molecular weight is 302 g/mol. The highest BCUT2D eigenvalue weighted by Gasteiger charge is 2.33. The topological polar surface area (TPSA) is 99.1 Å². The van der Waals surface area contributed by atoms with Crippen molar-refractivity contribution >= 4 is 12.0 Å². The predicted molar refractivity (Wildman–Crippen MR) is 77.0 cm³/mol. The largest absolute Gasteiger partial charge is 0.481 e. The Bertz CT molecular complexity index is 380. The molecule has 0 aromatic rings. The van der Waals surface area contributed by atoms with Gasteiger partial charge in [-0.1, -0.05) is 20.8 Å². The lowest BCUT2D eigenvalue weighted by molar-refractivity contribution is -0.138. The van der Waals surface area contributed by atoms with Crippen LogP contribution in [0, 0.1) is 5.41 Å². The van der Waals surface area contributed by atoms with Crippen molar-refractivity contribution in [2.45, 2.75) is 52.4 Å². The number of aliphatic hydroxyl groups is 1. The molecule has 3 unspecified atom stereocenters. The Morgan fingerprint density at radius 1 is 1.38 bits per heavy atom. The van der Waals surface area contributed by atoms with E-state index < -0.39 is 18.1 Å². The summed E-state index contributed by atoms with van der Waals surface area (Å²) in [5.41, 5.74) is -0.359. The van der Waals surface area contributed by atoms with Crippen molar-refractivity contribution in [2.75, 3.05) is 19.7 Å². The number of aliphatic carboxylic acids is 1. The zero-order chi connectivity index (χ0) is 16.2. The lowest BCUT2D eigenvalue weighted by Gasteiger charge is -2.38. The molecule has 21 heavy (non-hydrogen) atoms. The first-order valence-electron chi connectivity index (χ1n) is 7.17. The maximum absolute atomic E-state index is 12.3. The van der Waals surface area contributed by atoms with Gasteiger partial charge < -0.3 is 25.2 Å². The minimum absolute atomic E-state index is 0.126. The first-order valence-corrected chi connectivity index (χ1v) is 7.17. The van der Waals surface area contributed by atoms with Gasteiger partial charge in [0.15, 0.2) is 0 Å². The Balaban J connectivity index is 2.70. The van der Waals surface area contributed by atoms with Gasteiger partial charge in [-0.25, -0.2) is 4.79 Å². The van der Waals surface area contributed by atoms with E-state index in [1.807, 2.05) is 27.7 Å². The molecule has 0 spiro atoms. The molecule has 7 heteroatoms. The van der Waals surface area contributed by atoms with Gasteiger partial charge in [0, 0.05) is 12.6 Å². The van der Waals surface area contributed by atoms with Gasteiger partial charge in [0.25, 0.3) is 0 Å². The van der Waals surface area contributed by atoms with Crippen LogP contribution in [0.3, 0.4) is 0 Å². The van der Waals surface area contributed by atoms with E-state index in [0.29, 0.717) is 13.1 Å². The van der Waals surface area contributed by atoms with Crippen LogP contribution >= 0.6 is 0 Å². The molecule has 0 aliphatic carbocycles. The Morgan fingerprint density at radius 3 is 2.48 bits per heavy atom. The third kappa shape index (κ3) is 5.51. The normalized spacial score (nSPS) is 24.5. The third-order valence-electron chi connectivity index (χ3n) is 3.54. The molecular formula is C14H26N2O5. The summed E-state index contributed by atoms with van der Waals surface area (Å²) in [4.78, 5) is 24.8. The number of carbonyl (C=O) groups excluding carboxylic acids is 1. The van der Waals surface area contributed by atoms with E-state index in [0.717, 1.165) is 0 Å². The highest BCUT2D eigenvalue weighted by Crippen LogP contribution is 2.22. The summed E-state index contributed by atoms with van der Waals surface area (Å²) < 4.78 is 5.49. The zero-order valence-electron chi connectivity index (χ0n) is 13.1. The molecule has 0 radical (unpaired) electrons. The number of nitrogens with one attached hydrogen (secondary N) is 1. The standard InChI is InChI=1S/C14H26N2O5/c1-9-6-16(7-10(8-17)21-9)13(20)15-11(5-12(18)19)14(2,3)4/h9-11,17H,5-8H2,1-4H3,(H,15,20)(H,18,19). The highest BCUT2D eigenvalue weighted by atomic mass is 16.5. The monoisotopic (exact) mass is 302 g/mol. The fourth-order valence-corrected chi connectivity index (χ4v) is 2.30. The molecule has 1 fully saturated rings. The van der Waals surface area contributed by atoms with E-state index in [1.165, 1.54) is 0 Å². The number of urea groups is 1. The summed E-state index contributed by atoms with van der Waals surface area (Å²) >= 11 is 0. The van der Waals surface area contributed by atoms with Gasteiger partial charge >= 0.3 is 12.0 Å². The summed E-state index contributed by atoms with van der Waals surface area (Å²) in [6.45, 7) is 8.08. The second-order valence-electron chi connectivity index (χ2n) is 6.62. The van der Waals surface area contributed by atoms with Gasteiger partial charge in [0.05, 0.1) is 31.8 Å². The molecule has 7 nitrogen and oxygen atoms in total. The zero-order valence-corrected chi connectivity index (χ0v) is 13.1.